The van der Waals surface area contributed by atoms with E-state index in [4.69, 9.17) is 0 Å². The third-order valence-corrected chi connectivity index (χ3v) is 4.97. The summed E-state index contributed by atoms with van der Waals surface area (Å²) in [5.74, 6) is 0.0421. The Balaban J connectivity index is 1.79. The Morgan fingerprint density at radius 2 is 1.68 bits per heavy atom. The second-order valence-electron chi connectivity index (χ2n) is 7.08. The maximum absolute atomic E-state index is 12.7. The van der Waals surface area contributed by atoms with Gasteiger partial charge in [-0.25, -0.2) is 4.79 Å². The number of hydrogen-bond donors (Lipinski definition) is 1. The van der Waals surface area contributed by atoms with Crippen LogP contribution in [0.4, 0.5) is 10.5 Å². The Kier molecular flexibility index (Phi) is 4.65. The first kappa shape index (κ1) is 17.3. The van der Waals surface area contributed by atoms with Crippen LogP contribution in [-0.2, 0) is 9.59 Å². The number of urea groups is 1. The molecule has 25 heavy (non-hydrogen) atoms. The van der Waals surface area contributed by atoms with Gasteiger partial charge in [0.2, 0.25) is 11.8 Å². The fourth-order valence-corrected chi connectivity index (χ4v) is 3.74. The van der Waals surface area contributed by atoms with Crippen molar-refractivity contribution in [2.24, 2.45) is 5.41 Å². The Bertz CT molecular complexity index is 678. The quantitative estimate of drug-likeness (QED) is 0.833. The number of carbonyl (C=O) groups excluding carboxylic acids is 3. The summed E-state index contributed by atoms with van der Waals surface area (Å²) in [4.78, 5) is 41.9. The predicted octanol–water partition coefficient (Wildman–Crippen LogP) is 1.23. The van der Waals surface area contributed by atoms with Crippen LogP contribution in [0.3, 0.4) is 0 Å². The minimum Gasteiger partial charge on any atom is -0.345 e. The van der Waals surface area contributed by atoms with E-state index < -0.39 is 5.41 Å². The molecule has 2 heterocycles. The van der Waals surface area contributed by atoms with Crippen LogP contribution in [0.25, 0.3) is 0 Å². The van der Waals surface area contributed by atoms with Crippen LogP contribution in [-0.4, -0.2) is 72.3 Å². The molecule has 7 heteroatoms. The lowest BCUT2D eigenvalue weighted by Gasteiger charge is -2.33. The Hall–Kier alpha value is -2.57. The average Bonchev–Trinajstić information content (AvgIpc) is 2.73. The Labute approximate surface area is 147 Å². The van der Waals surface area contributed by atoms with Gasteiger partial charge in [-0.1, -0.05) is 18.2 Å². The van der Waals surface area contributed by atoms with Crippen molar-refractivity contribution >= 4 is 23.5 Å². The van der Waals surface area contributed by atoms with Gasteiger partial charge in [0, 0.05) is 64.2 Å². The van der Waals surface area contributed by atoms with E-state index in [-0.39, 0.29) is 17.8 Å². The standard InChI is InChI=1S/C18H24N4O3/c1-14(23)21-8-9-22(17(25)19-15-6-4-3-5-7-15)13-18(12-21)10-16(24)20(2)11-18/h3-7H,8-13H2,1-2H3,(H,19,25)/t18-/m1/s1. The fourth-order valence-electron chi connectivity index (χ4n) is 3.74. The minimum absolute atomic E-state index is 0.0216. The van der Waals surface area contributed by atoms with Crippen molar-refractivity contribution in [2.45, 2.75) is 13.3 Å². The molecule has 0 radical (unpaired) electrons. The molecule has 0 aliphatic carbocycles. The second kappa shape index (κ2) is 6.74. The number of likely N-dealkylation sites (tertiary alicyclic amines) is 1. The van der Waals surface area contributed by atoms with Crippen molar-refractivity contribution in [1.82, 2.24) is 14.7 Å². The van der Waals surface area contributed by atoms with E-state index in [2.05, 4.69) is 5.32 Å². The largest absolute Gasteiger partial charge is 0.345 e. The van der Waals surface area contributed by atoms with Crippen molar-refractivity contribution in [3.8, 4) is 0 Å². The molecule has 2 aliphatic heterocycles. The zero-order chi connectivity index (χ0) is 18.0. The monoisotopic (exact) mass is 344 g/mol. The molecule has 134 valence electrons. The van der Waals surface area contributed by atoms with Crippen LogP contribution in [0.2, 0.25) is 0 Å². The third-order valence-electron chi connectivity index (χ3n) is 4.97. The number of rotatable bonds is 1. The third kappa shape index (κ3) is 3.75. The summed E-state index contributed by atoms with van der Waals surface area (Å²) in [6.45, 7) is 4.01. The summed E-state index contributed by atoms with van der Waals surface area (Å²) < 4.78 is 0. The van der Waals surface area contributed by atoms with Gasteiger partial charge in [-0.2, -0.15) is 0 Å². The molecule has 0 saturated carbocycles. The number of anilines is 1. The zero-order valence-corrected chi connectivity index (χ0v) is 14.7. The summed E-state index contributed by atoms with van der Waals surface area (Å²) >= 11 is 0. The lowest BCUT2D eigenvalue weighted by molar-refractivity contribution is -0.130. The van der Waals surface area contributed by atoms with Gasteiger partial charge in [0.05, 0.1) is 0 Å². The number of nitrogens with zero attached hydrogens (tertiary/aromatic N) is 3. The second-order valence-corrected chi connectivity index (χ2v) is 7.08. The molecule has 1 atom stereocenters. The Morgan fingerprint density at radius 1 is 1.04 bits per heavy atom. The highest BCUT2D eigenvalue weighted by atomic mass is 16.2. The van der Waals surface area contributed by atoms with Gasteiger partial charge in [-0.3, -0.25) is 9.59 Å². The van der Waals surface area contributed by atoms with Crippen molar-refractivity contribution < 1.29 is 14.4 Å². The van der Waals surface area contributed by atoms with Crippen molar-refractivity contribution in [1.29, 1.82) is 0 Å². The van der Waals surface area contributed by atoms with Crippen molar-refractivity contribution in [3.63, 3.8) is 0 Å². The van der Waals surface area contributed by atoms with E-state index >= 15 is 0 Å². The number of amides is 4. The van der Waals surface area contributed by atoms with E-state index in [9.17, 15) is 14.4 Å². The van der Waals surface area contributed by atoms with Gasteiger partial charge in [-0.05, 0) is 12.1 Å². The van der Waals surface area contributed by atoms with E-state index in [1.54, 1.807) is 21.7 Å². The van der Waals surface area contributed by atoms with Gasteiger partial charge >= 0.3 is 6.03 Å². The van der Waals surface area contributed by atoms with Crippen LogP contribution in [0.5, 0.6) is 0 Å². The molecule has 1 N–H and O–H groups in total. The van der Waals surface area contributed by atoms with Gasteiger partial charge in [0.1, 0.15) is 0 Å². The molecule has 4 amide bonds. The lowest BCUT2D eigenvalue weighted by atomic mass is 9.86. The lowest BCUT2D eigenvalue weighted by Crippen LogP contribution is -2.45. The molecular formula is C18H24N4O3. The van der Waals surface area contributed by atoms with Crippen LogP contribution < -0.4 is 5.32 Å². The highest BCUT2D eigenvalue weighted by Crippen LogP contribution is 2.34. The van der Waals surface area contributed by atoms with Crippen LogP contribution in [0.1, 0.15) is 13.3 Å². The predicted molar refractivity (Wildman–Crippen MR) is 94.0 cm³/mol. The molecular weight excluding hydrogens is 320 g/mol. The van der Waals surface area contributed by atoms with E-state index in [0.717, 1.165) is 5.69 Å². The molecule has 0 aromatic heterocycles. The first-order valence-electron chi connectivity index (χ1n) is 8.49. The number of para-hydroxylation sites is 1. The van der Waals surface area contributed by atoms with Crippen LogP contribution in [0.15, 0.2) is 30.3 Å². The number of hydrogen-bond acceptors (Lipinski definition) is 3. The van der Waals surface area contributed by atoms with Crippen LogP contribution >= 0.6 is 0 Å². The number of carbonyl (C=O) groups is 3. The summed E-state index contributed by atoms with van der Waals surface area (Å²) in [6.07, 6.45) is 0.363. The van der Waals surface area contributed by atoms with Crippen molar-refractivity contribution in [3.05, 3.63) is 30.3 Å². The van der Waals surface area contributed by atoms with Gasteiger partial charge in [0.25, 0.3) is 0 Å². The minimum atomic E-state index is -0.401. The highest BCUT2D eigenvalue weighted by Gasteiger charge is 2.46. The van der Waals surface area contributed by atoms with Crippen molar-refractivity contribution in [2.75, 3.05) is 45.1 Å². The molecule has 2 aliphatic rings. The van der Waals surface area contributed by atoms with E-state index in [1.807, 2.05) is 30.3 Å². The topological polar surface area (TPSA) is 73.0 Å². The molecule has 0 unspecified atom stereocenters. The van der Waals surface area contributed by atoms with E-state index in [0.29, 0.717) is 39.1 Å². The molecule has 2 fully saturated rings. The van der Waals surface area contributed by atoms with Gasteiger partial charge in [0.15, 0.2) is 0 Å². The molecule has 1 aromatic carbocycles. The SMILES string of the molecule is CC(=O)N1CCN(C(=O)Nc2ccccc2)C[C@@]2(CC(=O)N(C)C2)C1. The maximum atomic E-state index is 12.7. The molecule has 2 saturated heterocycles. The smallest absolute Gasteiger partial charge is 0.321 e. The van der Waals surface area contributed by atoms with Gasteiger partial charge < -0.3 is 20.0 Å². The molecule has 0 bridgehead atoms. The number of nitrogens with one attached hydrogen (secondary N) is 1. The first-order valence-corrected chi connectivity index (χ1v) is 8.49. The molecule has 3 rings (SSSR count). The summed E-state index contributed by atoms with van der Waals surface area (Å²) in [5.41, 5.74) is 0.330. The maximum Gasteiger partial charge on any atom is 0.321 e. The molecule has 7 nitrogen and oxygen atoms in total. The van der Waals surface area contributed by atoms with Crippen LogP contribution in [0, 0.1) is 5.41 Å². The van der Waals surface area contributed by atoms with E-state index in [1.165, 1.54) is 6.92 Å². The Morgan fingerprint density at radius 3 is 2.28 bits per heavy atom. The molecule has 1 spiro atoms. The average molecular weight is 344 g/mol. The highest BCUT2D eigenvalue weighted by molar-refractivity contribution is 5.89. The summed E-state index contributed by atoms with van der Waals surface area (Å²) in [6, 6.07) is 9.09. The summed E-state index contributed by atoms with van der Waals surface area (Å²) in [7, 11) is 1.77. The fraction of sp³-hybridized carbons (Fsp3) is 0.500. The number of benzene rings is 1. The normalized spacial score (nSPS) is 23.8. The van der Waals surface area contributed by atoms with Gasteiger partial charge in [-0.15, -0.1) is 0 Å². The zero-order valence-electron chi connectivity index (χ0n) is 14.7. The first-order chi connectivity index (χ1) is 11.9. The molecule has 1 aromatic rings. The summed E-state index contributed by atoms with van der Waals surface area (Å²) in [5, 5.41) is 2.90.